The topological polar surface area (TPSA) is 78.9 Å². The molecule has 0 rings (SSSR count). The molecule has 6 nitrogen and oxygen atoms in total. The highest BCUT2D eigenvalue weighted by Crippen LogP contribution is 2.17. The molecule has 0 saturated heterocycles. The Kier molecular flexibility index (Phi) is 53.3. The van der Waals surface area contributed by atoms with Crippen molar-refractivity contribution in [3.8, 4) is 0 Å². The van der Waals surface area contributed by atoms with Crippen molar-refractivity contribution in [1.82, 2.24) is 0 Å². The molecule has 0 aromatic carbocycles. The summed E-state index contributed by atoms with van der Waals surface area (Å²) in [7, 11) is 0. The van der Waals surface area contributed by atoms with Gasteiger partial charge in [0.1, 0.15) is 13.2 Å². The first kappa shape index (κ1) is 64.1. The molecule has 0 spiro atoms. The second kappa shape index (κ2) is 55.7. The standard InChI is InChI=1S/C61H108O6/c1-4-7-10-13-16-18-20-22-24-26-27-28-29-30-31-32-33-34-36-37-39-41-43-45-48-51-54-60(63)66-57-58(56-65-59(62)53-50-47-15-12-9-6-3)67-61(64)55-52-49-46-44-42-40-38-35-25-23-21-19-17-14-11-8-5-2/h8,11,17,19,23,25,38,40,44,46,58H,4-7,9-10,12-16,18,20-22,24,26-37,39,41-43,45,47-57H2,1-3H3/b11-8-,19-17-,25-23-,40-38-,46-44-. The van der Waals surface area contributed by atoms with E-state index in [-0.39, 0.29) is 37.5 Å². The second-order valence-corrected chi connectivity index (χ2v) is 19.2. The van der Waals surface area contributed by atoms with Crippen LogP contribution in [0.4, 0.5) is 0 Å². The molecule has 0 N–H and O–H groups in total. The van der Waals surface area contributed by atoms with E-state index < -0.39 is 6.10 Å². The summed E-state index contributed by atoms with van der Waals surface area (Å²) in [4.78, 5) is 37.8. The number of hydrogen-bond donors (Lipinski definition) is 0. The minimum Gasteiger partial charge on any atom is -0.462 e. The molecule has 6 heteroatoms. The molecule has 0 saturated carbocycles. The van der Waals surface area contributed by atoms with Gasteiger partial charge >= 0.3 is 17.9 Å². The van der Waals surface area contributed by atoms with Gasteiger partial charge in [-0.2, -0.15) is 0 Å². The predicted molar refractivity (Wildman–Crippen MR) is 288 cm³/mol. The number of carbonyl (C=O) groups is 3. The Bertz CT molecular complexity index is 1210. The molecule has 0 aliphatic rings. The van der Waals surface area contributed by atoms with E-state index in [1.54, 1.807) is 0 Å². The van der Waals surface area contributed by atoms with Crippen LogP contribution in [-0.4, -0.2) is 37.2 Å². The number of allylic oxidation sites excluding steroid dienone is 10. The van der Waals surface area contributed by atoms with Gasteiger partial charge in [-0.25, -0.2) is 0 Å². The van der Waals surface area contributed by atoms with Gasteiger partial charge in [0.2, 0.25) is 0 Å². The van der Waals surface area contributed by atoms with Crippen molar-refractivity contribution >= 4 is 17.9 Å². The van der Waals surface area contributed by atoms with Crippen molar-refractivity contribution in [2.24, 2.45) is 0 Å². The summed E-state index contributed by atoms with van der Waals surface area (Å²) in [6, 6.07) is 0. The average Bonchev–Trinajstić information content (AvgIpc) is 3.33. The summed E-state index contributed by atoms with van der Waals surface area (Å²) >= 11 is 0. The van der Waals surface area contributed by atoms with Crippen molar-refractivity contribution in [3.05, 3.63) is 60.8 Å². The summed E-state index contributed by atoms with van der Waals surface area (Å²) in [5.74, 6) is -0.954. The van der Waals surface area contributed by atoms with E-state index in [1.807, 2.05) is 0 Å². The first-order valence-corrected chi connectivity index (χ1v) is 28.8. The molecule has 1 unspecified atom stereocenters. The maximum absolute atomic E-state index is 12.7. The zero-order chi connectivity index (χ0) is 48.6. The maximum Gasteiger partial charge on any atom is 0.306 e. The Labute approximate surface area is 415 Å². The molecule has 0 radical (unpaired) electrons. The maximum atomic E-state index is 12.7. The van der Waals surface area contributed by atoms with Crippen LogP contribution in [0.3, 0.4) is 0 Å². The van der Waals surface area contributed by atoms with Gasteiger partial charge in [-0.15, -0.1) is 0 Å². The van der Waals surface area contributed by atoms with Crippen LogP contribution in [0.5, 0.6) is 0 Å². The molecule has 1 atom stereocenters. The molecule has 0 heterocycles. The van der Waals surface area contributed by atoms with Crippen molar-refractivity contribution in [3.63, 3.8) is 0 Å². The van der Waals surface area contributed by atoms with Crippen LogP contribution in [0, 0.1) is 0 Å². The molecule has 0 amide bonds. The minimum atomic E-state index is -0.799. The lowest BCUT2D eigenvalue weighted by Crippen LogP contribution is -2.30. The van der Waals surface area contributed by atoms with Gasteiger partial charge in [0.05, 0.1) is 0 Å². The smallest absolute Gasteiger partial charge is 0.306 e. The zero-order valence-corrected chi connectivity index (χ0v) is 44.4. The Morgan fingerprint density at radius 3 is 0.896 bits per heavy atom. The number of esters is 3. The van der Waals surface area contributed by atoms with E-state index in [0.29, 0.717) is 19.3 Å². The largest absolute Gasteiger partial charge is 0.462 e. The van der Waals surface area contributed by atoms with E-state index >= 15 is 0 Å². The van der Waals surface area contributed by atoms with Crippen molar-refractivity contribution in [1.29, 1.82) is 0 Å². The zero-order valence-electron chi connectivity index (χ0n) is 44.4. The minimum absolute atomic E-state index is 0.0941. The number of carbonyl (C=O) groups excluding carboxylic acids is 3. The van der Waals surface area contributed by atoms with Gasteiger partial charge < -0.3 is 14.2 Å². The monoisotopic (exact) mass is 937 g/mol. The second-order valence-electron chi connectivity index (χ2n) is 19.2. The van der Waals surface area contributed by atoms with E-state index in [9.17, 15) is 14.4 Å². The van der Waals surface area contributed by atoms with E-state index in [0.717, 1.165) is 77.0 Å². The Balaban J connectivity index is 4.12. The average molecular weight is 938 g/mol. The Hall–Kier alpha value is -2.89. The fourth-order valence-corrected chi connectivity index (χ4v) is 8.24. The van der Waals surface area contributed by atoms with E-state index in [2.05, 4.69) is 81.5 Å². The van der Waals surface area contributed by atoms with Crippen molar-refractivity contribution in [2.45, 2.75) is 297 Å². The normalized spacial score (nSPS) is 12.5. The molecular weight excluding hydrogens is 829 g/mol. The first-order chi connectivity index (χ1) is 33.0. The van der Waals surface area contributed by atoms with E-state index in [4.69, 9.17) is 14.2 Å². The van der Waals surface area contributed by atoms with Gasteiger partial charge in [-0.05, 0) is 57.8 Å². The van der Waals surface area contributed by atoms with Gasteiger partial charge in [0.15, 0.2) is 6.10 Å². The number of unbranched alkanes of at least 4 members (excludes halogenated alkanes) is 31. The quantitative estimate of drug-likeness (QED) is 0.0262. The van der Waals surface area contributed by atoms with Crippen LogP contribution >= 0.6 is 0 Å². The van der Waals surface area contributed by atoms with Gasteiger partial charge in [0.25, 0.3) is 0 Å². The first-order valence-electron chi connectivity index (χ1n) is 28.8. The highest BCUT2D eigenvalue weighted by Gasteiger charge is 2.19. The number of hydrogen-bond acceptors (Lipinski definition) is 6. The number of rotatable bonds is 52. The third-order valence-electron chi connectivity index (χ3n) is 12.5. The summed E-state index contributed by atoms with van der Waals surface area (Å²) in [5, 5.41) is 0. The molecule has 0 aromatic rings. The SMILES string of the molecule is CC/C=C\C/C=C\C/C=C\C/C=C\C/C=C\CCCC(=O)OC(COC(=O)CCCCCCCC)COC(=O)CCCCCCCCCCCCCCCCCCCCCCCCCCCC. The summed E-state index contributed by atoms with van der Waals surface area (Å²) in [6.45, 7) is 6.44. The van der Waals surface area contributed by atoms with E-state index in [1.165, 1.54) is 167 Å². The molecule has 0 aliphatic carbocycles. The van der Waals surface area contributed by atoms with Crippen LogP contribution in [-0.2, 0) is 28.6 Å². The molecular formula is C61H108O6. The lowest BCUT2D eigenvalue weighted by Gasteiger charge is -2.18. The predicted octanol–water partition coefficient (Wildman–Crippen LogP) is 19.2. The fourth-order valence-electron chi connectivity index (χ4n) is 8.24. The van der Waals surface area contributed by atoms with Gasteiger partial charge in [0, 0.05) is 19.3 Å². The molecule has 0 aromatic heterocycles. The molecule has 0 bridgehead atoms. The number of ether oxygens (including phenoxy) is 3. The third-order valence-corrected chi connectivity index (χ3v) is 12.5. The Morgan fingerprint density at radius 1 is 0.313 bits per heavy atom. The summed E-state index contributed by atoms with van der Waals surface area (Å²) in [5.41, 5.74) is 0. The van der Waals surface area contributed by atoms with Gasteiger partial charge in [-0.3, -0.25) is 14.4 Å². The highest BCUT2D eigenvalue weighted by atomic mass is 16.6. The van der Waals surface area contributed by atoms with Crippen LogP contribution in [0.1, 0.15) is 290 Å². The fraction of sp³-hybridized carbons (Fsp3) is 0.787. The van der Waals surface area contributed by atoms with Crippen molar-refractivity contribution < 1.29 is 28.6 Å². The van der Waals surface area contributed by atoms with Crippen molar-refractivity contribution in [2.75, 3.05) is 13.2 Å². The molecule has 0 fully saturated rings. The third kappa shape index (κ3) is 53.9. The molecule has 67 heavy (non-hydrogen) atoms. The lowest BCUT2D eigenvalue weighted by molar-refractivity contribution is -0.167. The molecule has 388 valence electrons. The Morgan fingerprint density at radius 2 is 0.582 bits per heavy atom. The summed E-state index contributed by atoms with van der Waals surface area (Å²) < 4.78 is 16.7. The van der Waals surface area contributed by atoms with Crippen LogP contribution in [0.2, 0.25) is 0 Å². The van der Waals surface area contributed by atoms with Crippen LogP contribution < -0.4 is 0 Å². The van der Waals surface area contributed by atoms with Gasteiger partial charge in [-0.1, -0.05) is 274 Å². The summed E-state index contributed by atoms with van der Waals surface area (Å²) in [6.07, 6.45) is 69.8. The van der Waals surface area contributed by atoms with Crippen LogP contribution in [0.25, 0.3) is 0 Å². The lowest BCUT2D eigenvalue weighted by atomic mass is 10.0. The highest BCUT2D eigenvalue weighted by molar-refractivity contribution is 5.71. The molecule has 0 aliphatic heterocycles. The van der Waals surface area contributed by atoms with Crippen LogP contribution in [0.15, 0.2) is 60.8 Å².